The molecule has 2 aromatic rings. The molecule has 0 aliphatic rings. The minimum atomic E-state index is -0.921. The number of rotatable bonds is 2. The van der Waals surface area contributed by atoms with Crippen LogP contribution >= 0.6 is 11.3 Å². The summed E-state index contributed by atoms with van der Waals surface area (Å²) in [7, 11) is 0. The van der Waals surface area contributed by atoms with Gasteiger partial charge >= 0.3 is 5.97 Å². The molecular formula is C12H12O3S. The second-order valence-electron chi connectivity index (χ2n) is 4.24. The fourth-order valence-corrected chi connectivity index (χ4v) is 2.63. The predicted molar refractivity (Wildman–Crippen MR) is 64.2 cm³/mol. The van der Waals surface area contributed by atoms with E-state index in [0.29, 0.717) is 0 Å². The molecule has 0 bridgehead atoms. The van der Waals surface area contributed by atoms with Crippen molar-refractivity contribution in [2.45, 2.75) is 19.3 Å². The maximum Gasteiger partial charge on any atom is 0.314 e. The maximum absolute atomic E-state index is 11.1. The number of hydrogen-bond donors (Lipinski definition) is 2. The van der Waals surface area contributed by atoms with Crippen LogP contribution in [0.5, 0.6) is 5.75 Å². The monoisotopic (exact) mass is 236 g/mol. The number of carboxylic acids is 1. The summed E-state index contributed by atoms with van der Waals surface area (Å²) in [6.45, 7) is 3.33. The first-order valence-electron chi connectivity index (χ1n) is 4.88. The van der Waals surface area contributed by atoms with Crippen LogP contribution in [0.2, 0.25) is 0 Å². The average molecular weight is 236 g/mol. The van der Waals surface area contributed by atoms with Crippen molar-refractivity contribution in [2.75, 3.05) is 0 Å². The smallest absolute Gasteiger partial charge is 0.314 e. The lowest BCUT2D eigenvalue weighted by Crippen LogP contribution is -2.27. The number of hydrogen-bond acceptors (Lipinski definition) is 3. The van der Waals surface area contributed by atoms with Gasteiger partial charge in [0, 0.05) is 4.88 Å². The highest BCUT2D eigenvalue weighted by Gasteiger charge is 2.31. The fourth-order valence-electron chi connectivity index (χ4n) is 1.46. The van der Waals surface area contributed by atoms with Crippen molar-refractivity contribution in [1.29, 1.82) is 0 Å². The Hall–Kier alpha value is -1.55. The van der Waals surface area contributed by atoms with Crippen molar-refractivity contribution in [3.8, 4) is 5.75 Å². The average Bonchev–Trinajstić information content (AvgIpc) is 2.63. The van der Waals surface area contributed by atoms with E-state index < -0.39 is 11.4 Å². The second-order valence-corrected chi connectivity index (χ2v) is 5.29. The SMILES string of the molecule is CC(C)(C(=O)O)c1cc2cccc(O)c2s1. The lowest BCUT2D eigenvalue weighted by molar-refractivity contribution is -0.142. The van der Waals surface area contributed by atoms with E-state index in [4.69, 9.17) is 5.11 Å². The molecule has 0 fully saturated rings. The molecule has 1 heterocycles. The zero-order chi connectivity index (χ0) is 11.9. The lowest BCUT2D eigenvalue weighted by Gasteiger charge is -2.16. The quantitative estimate of drug-likeness (QED) is 0.842. The van der Waals surface area contributed by atoms with Gasteiger partial charge in [0.2, 0.25) is 0 Å². The Morgan fingerprint density at radius 3 is 2.62 bits per heavy atom. The van der Waals surface area contributed by atoms with Crippen LogP contribution in [0.15, 0.2) is 24.3 Å². The summed E-state index contributed by atoms with van der Waals surface area (Å²) in [5.74, 6) is -0.659. The van der Waals surface area contributed by atoms with Crippen LogP contribution in [-0.4, -0.2) is 16.2 Å². The summed E-state index contributed by atoms with van der Waals surface area (Å²) in [4.78, 5) is 11.9. The molecule has 1 aromatic heterocycles. The number of benzene rings is 1. The largest absolute Gasteiger partial charge is 0.506 e. The zero-order valence-corrected chi connectivity index (χ0v) is 9.84. The van der Waals surface area contributed by atoms with Crippen LogP contribution in [0, 0.1) is 0 Å². The van der Waals surface area contributed by atoms with Gasteiger partial charge in [0.15, 0.2) is 0 Å². The van der Waals surface area contributed by atoms with Gasteiger partial charge in [-0.3, -0.25) is 4.79 Å². The van der Waals surface area contributed by atoms with E-state index in [-0.39, 0.29) is 5.75 Å². The standard InChI is InChI=1S/C12H12O3S/c1-12(2,11(14)15)9-6-7-4-3-5-8(13)10(7)16-9/h3-6,13H,1-2H3,(H,14,15). The Balaban J connectivity index is 2.64. The second kappa shape index (κ2) is 3.49. The molecule has 2 N–H and O–H groups in total. The van der Waals surface area contributed by atoms with Crippen LogP contribution in [-0.2, 0) is 10.2 Å². The Morgan fingerprint density at radius 2 is 2.06 bits per heavy atom. The summed E-state index contributed by atoms with van der Waals surface area (Å²) in [5.41, 5.74) is -0.921. The van der Waals surface area contributed by atoms with Crippen molar-refractivity contribution in [3.05, 3.63) is 29.1 Å². The minimum Gasteiger partial charge on any atom is -0.506 e. The summed E-state index contributed by atoms with van der Waals surface area (Å²) >= 11 is 1.33. The molecule has 1 aromatic carbocycles. The summed E-state index contributed by atoms with van der Waals surface area (Å²) in [5, 5.41) is 19.7. The Morgan fingerprint density at radius 1 is 1.38 bits per heavy atom. The van der Waals surface area contributed by atoms with Crippen molar-refractivity contribution >= 4 is 27.4 Å². The topological polar surface area (TPSA) is 57.5 Å². The molecule has 3 nitrogen and oxygen atoms in total. The number of fused-ring (bicyclic) bond motifs is 1. The molecule has 4 heteroatoms. The van der Waals surface area contributed by atoms with E-state index in [0.717, 1.165) is 15.0 Å². The molecule has 0 aliphatic heterocycles. The van der Waals surface area contributed by atoms with E-state index in [9.17, 15) is 9.90 Å². The highest BCUT2D eigenvalue weighted by molar-refractivity contribution is 7.19. The van der Waals surface area contributed by atoms with Crippen molar-refractivity contribution < 1.29 is 15.0 Å². The number of phenolic OH excluding ortho intramolecular Hbond substituents is 1. The number of phenols is 1. The van der Waals surface area contributed by atoms with Gasteiger partial charge < -0.3 is 10.2 Å². The Kier molecular flexibility index (Phi) is 2.39. The highest BCUT2D eigenvalue weighted by atomic mass is 32.1. The van der Waals surface area contributed by atoms with Crippen molar-refractivity contribution in [1.82, 2.24) is 0 Å². The van der Waals surface area contributed by atoms with Gasteiger partial charge in [-0.25, -0.2) is 0 Å². The normalized spacial score (nSPS) is 11.9. The third kappa shape index (κ3) is 1.55. The molecule has 0 radical (unpaired) electrons. The van der Waals surface area contributed by atoms with Crippen LogP contribution in [0.1, 0.15) is 18.7 Å². The molecule has 0 atom stereocenters. The highest BCUT2D eigenvalue weighted by Crippen LogP contribution is 2.38. The van der Waals surface area contributed by atoms with Gasteiger partial charge in [0.05, 0.1) is 10.1 Å². The molecule has 0 saturated carbocycles. The molecule has 2 rings (SSSR count). The predicted octanol–water partition coefficient (Wildman–Crippen LogP) is 2.97. The Labute approximate surface area is 97.0 Å². The number of aromatic hydroxyl groups is 1. The zero-order valence-electron chi connectivity index (χ0n) is 9.02. The fraction of sp³-hybridized carbons (Fsp3) is 0.250. The number of aliphatic carboxylic acids is 1. The third-order valence-electron chi connectivity index (χ3n) is 2.67. The third-order valence-corrected chi connectivity index (χ3v) is 4.17. The van der Waals surface area contributed by atoms with E-state index in [2.05, 4.69) is 0 Å². The summed E-state index contributed by atoms with van der Waals surface area (Å²) in [6.07, 6.45) is 0. The van der Waals surface area contributed by atoms with Crippen LogP contribution in [0.25, 0.3) is 10.1 Å². The van der Waals surface area contributed by atoms with E-state index in [1.807, 2.05) is 12.1 Å². The first kappa shape index (κ1) is 11.0. The van der Waals surface area contributed by atoms with E-state index >= 15 is 0 Å². The lowest BCUT2D eigenvalue weighted by atomic mass is 9.91. The number of carboxylic acid groups (broad SMARTS) is 1. The van der Waals surface area contributed by atoms with Gasteiger partial charge in [-0.05, 0) is 31.4 Å². The van der Waals surface area contributed by atoms with Crippen LogP contribution < -0.4 is 0 Å². The van der Waals surface area contributed by atoms with Gasteiger partial charge in [0.25, 0.3) is 0 Å². The van der Waals surface area contributed by atoms with Gasteiger partial charge in [-0.15, -0.1) is 11.3 Å². The van der Waals surface area contributed by atoms with Gasteiger partial charge in [-0.1, -0.05) is 12.1 Å². The molecule has 0 aliphatic carbocycles. The summed E-state index contributed by atoms with van der Waals surface area (Å²) in [6, 6.07) is 7.05. The molecule has 0 amide bonds. The van der Waals surface area contributed by atoms with Crippen molar-refractivity contribution in [3.63, 3.8) is 0 Å². The molecular weight excluding hydrogens is 224 g/mol. The molecule has 0 saturated heterocycles. The van der Waals surface area contributed by atoms with E-state index in [1.165, 1.54) is 11.3 Å². The molecule has 0 spiro atoms. The van der Waals surface area contributed by atoms with Gasteiger partial charge in [0.1, 0.15) is 5.75 Å². The first-order chi connectivity index (χ1) is 7.43. The Bertz CT molecular complexity index is 554. The minimum absolute atomic E-state index is 0.204. The van der Waals surface area contributed by atoms with Crippen molar-refractivity contribution in [2.24, 2.45) is 0 Å². The van der Waals surface area contributed by atoms with E-state index in [1.54, 1.807) is 26.0 Å². The number of thiophene rings is 1. The molecule has 0 unspecified atom stereocenters. The summed E-state index contributed by atoms with van der Waals surface area (Å²) < 4.78 is 0.742. The molecule has 84 valence electrons. The first-order valence-corrected chi connectivity index (χ1v) is 5.70. The van der Waals surface area contributed by atoms with Gasteiger partial charge in [-0.2, -0.15) is 0 Å². The number of carbonyl (C=O) groups is 1. The van der Waals surface area contributed by atoms with Crippen LogP contribution in [0.3, 0.4) is 0 Å². The maximum atomic E-state index is 11.1. The molecule has 16 heavy (non-hydrogen) atoms. The van der Waals surface area contributed by atoms with Crippen LogP contribution in [0.4, 0.5) is 0 Å².